The third-order valence-electron chi connectivity index (χ3n) is 7.71. The smallest absolute Gasteiger partial charge is 0.113 e. The van der Waals surface area contributed by atoms with Crippen LogP contribution in [-0.2, 0) is 0 Å². The van der Waals surface area contributed by atoms with E-state index in [-0.39, 0.29) is 0 Å². The Morgan fingerprint density at radius 1 is 1.07 bits per heavy atom. The number of hydrogen-bond acceptors (Lipinski definition) is 6. The van der Waals surface area contributed by atoms with E-state index in [0.717, 1.165) is 47.6 Å². The van der Waals surface area contributed by atoms with Gasteiger partial charge in [-0.05, 0) is 61.2 Å². The van der Waals surface area contributed by atoms with Crippen molar-refractivity contribution in [3.8, 4) is 6.07 Å². The van der Waals surface area contributed by atoms with Crippen molar-refractivity contribution >= 4 is 16.7 Å². The molecule has 1 aromatic carbocycles. The monoisotopic (exact) mass is 374 g/mol. The zero-order chi connectivity index (χ0) is 18.7. The van der Waals surface area contributed by atoms with Crippen LogP contribution in [0.25, 0.3) is 11.0 Å². The summed E-state index contributed by atoms with van der Waals surface area (Å²) in [5, 5.41) is 13.0. The molecule has 6 nitrogen and oxygen atoms in total. The Bertz CT molecular complexity index is 949. The molecule has 28 heavy (non-hydrogen) atoms. The van der Waals surface area contributed by atoms with Crippen molar-refractivity contribution in [2.24, 2.45) is 23.2 Å². The second-order valence-corrected chi connectivity index (χ2v) is 9.33. The summed E-state index contributed by atoms with van der Waals surface area (Å²) in [6.07, 6.45) is 6.14. The van der Waals surface area contributed by atoms with E-state index < -0.39 is 0 Å². The fourth-order valence-corrected chi connectivity index (χ4v) is 6.00. The molecule has 2 aromatic rings. The summed E-state index contributed by atoms with van der Waals surface area (Å²) in [6, 6.07) is 6.25. The maximum absolute atomic E-state index is 9.41. The third-order valence-corrected chi connectivity index (χ3v) is 7.71. The number of anilines is 1. The largest absolute Gasteiger partial charge is 0.369 e. The van der Waals surface area contributed by atoms with E-state index in [9.17, 15) is 5.26 Å². The molecule has 1 aromatic heterocycles. The van der Waals surface area contributed by atoms with Crippen molar-refractivity contribution in [1.82, 2.24) is 20.2 Å². The van der Waals surface area contributed by atoms with E-state index in [1.54, 1.807) is 12.4 Å². The molecule has 3 aliphatic heterocycles. The zero-order valence-corrected chi connectivity index (χ0v) is 16.1. The molecule has 1 saturated carbocycles. The number of nitrogens with zero attached hydrogens (tertiary/aromatic N) is 5. The molecule has 3 saturated heterocycles. The fraction of sp³-hybridized carbons (Fsp3) is 0.591. The molecule has 1 unspecified atom stereocenters. The van der Waals surface area contributed by atoms with Gasteiger partial charge in [-0.25, -0.2) is 0 Å². The van der Waals surface area contributed by atoms with Gasteiger partial charge in [-0.15, -0.1) is 0 Å². The standard InChI is InChI=1S/C22H26N6/c23-7-15-1-2-19(21-20(15)25-5-6-26-21)28-13-18(22(14-28)3-4-22)12-27-10-16-8-24-9-17(16)11-27/h1-2,5-6,16-18,24H,3-4,8-14H2/t16-,17+,18?. The van der Waals surface area contributed by atoms with Crippen LogP contribution in [0.3, 0.4) is 0 Å². The van der Waals surface area contributed by atoms with E-state index in [1.807, 2.05) is 6.07 Å². The van der Waals surface area contributed by atoms with Crippen molar-refractivity contribution in [2.75, 3.05) is 50.7 Å². The molecule has 1 spiro atoms. The lowest BCUT2D eigenvalue weighted by atomic mass is 9.92. The van der Waals surface area contributed by atoms with Gasteiger partial charge in [0.15, 0.2) is 0 Å². The predicted octanol–water partition coefficient (Wildman–Crippen LogP) is 1.87. The molecule has 4 heterocycles. The molecule has 3 atom stereocenters. The lowest BCUT2D eigenvalue weighted by molar-refractivity contribution is 0.230. The van der Waals surface area contributed by atoms with Crippen LogP contribution < -0.4 is 10.2 Å². The molecule has 1 N–H and O–H groups in total. The summed E-state index contributed by atoms with van der Waals surface area (Å²) >= 11 is 0. The molecule has 4 aliphatic rings. The van der Waals surface area contributed by atoms with E-state index >= 15 is 0 Å². The Balaban J connectivity index is 1.26. The molecule has 0 amide bonds. The first-order chi connectivity index (χ1) is 13.8. The topological polar surface area (TPSA) is 68.1 Å². The number of fused-ring (bicyclic) bond motifs is 2. The van der Waals surface area contributed by atoms with Crippen molar-refractivity contribution in [3.05, 3.63) is 30.1 Å². The second kappa shape index (κ2) is 6.13. The lowest BCUT2D eigenvalue weighted by Crippen LogP contribution is -2.34. The van der Waals surface area contributed by atoms with Gasteiger partial charge in [0.05, 0.1) is 11.3 Å². The Hall–Kier alpha value is -2.23. The molecule has 4 fully saturated rings. The summed E-state index contributed by atoms with van der Waals surface area (Å²) < 4.78 is 0. The van der Waals surface area contributed by atoms with Crippen LogP contribution in [0.1, 0.15) is 18.4 Å². The van der Waals surface area contributed by atoms with Gasteiger partial charge in [0.25, 0.3) is 0 Å². The summed E-state index contributed by atoms with van der Waals surface area (Å²) in [6.45, 7) is 8.42. The van der Waals surface area contributed by atoms with Gasteiger partial charge in [-0.2, -0.15) is 5.26 Å². The average molecular weight is 374 g/mol. The first kappa shape index (κ1) is 16.7. The number of nitrogens with one attached hydrogen (secondary N) is 1. The summed E-state index contributed by atoms with van der Waals surface area (Å²) in [7, 11) is 0. The van der Waals surface area contributed by atoms with Gasteiger partial charge in [0.2, 0.25) is 0 Å². The van der Waals surface area contributed by atoms with E-state index in [0.29, 0.717) is 11.0 Å². The van der Waals surface area contributed by atoms with E-state index in [4.69, 9.17) is 0 Å². The quantitative estimate of drug-likeness (QED) is 0.885. The fourth-order valence-electron chi connectivity index (χ4n) is 6.00. The highest BCUT2D eigenvalue weighted by atomic mass is 15.2. The summed E-state index contributed by atoms with van der Waals surface area (Å²) in [5.41, 5.74) is 3.87. The maximum Gasteiger partial charge on any atom is 0.113 e. The zero-order valence-electron chi connectivity index (χ0n) is 16.1. The molecule has 0 radical (unpaired) electrons. The van der Waals surface area contributed by atoms with E-state index in [2.05, 4.69) is 37.2 Å². The van der Waals surface area contributed by atoms with Crippen LogP contribution in [0.5, 0.6) is 0 Å². The number of rotatable bonds is 3. The highest BCUT2D eigenvalue weighted by Gasteiger charge is 2.55. The minimum absolute atomic E-state index is 0.498. The van der Waals surface area contributed by atoms with Gasteiger partial charge < -0.3 is 15.1 Å². The van der Waals surface area contributed by atoms with Gasteiger partial charge >= 0.3 is 0 Å². The van der Waals surface area contributed by atoms with Crippen LogP contribution in [-0.4, -0.2) is 60.7 Å². The minimum Gasteiger partial charge on any atom is -0.369 e. The molecular formula is C22H26N6. The molecule has 1 aliphatic carbocycles. The molecule has 144 valence electrons. The van der Waals surface area contributed by atoms with Crippen molar-refractivity contribution in [3.63, 3.8) is 0 Å². The first-order valence-corrected chi connectivity index (χ1v) is 10.6. The Morgan fingerprint density at radius 2 is 1.82 bits per heavy atom. The number of benzene rings is 1. The number of nitriles is 1. The van der Waals surface area contributed by atoms with Crippen LogP contribution in [0.2, 0.25) is 0 Å². The first-order valence-electron chi connectivity index (χ1n) is 10.6. The van der Waals surface area contributed by atoms with Gasteiger partial charge in [0, 0.05) is 45.1 Å². The molecular weight excluding hydrogens is 348 g/mol. The van der Waals surface area contributed by atoms with Crippen molar-refractivity contribution < 1.29 is 0 Å². The lowest BCUT2D eigenvalue weighted by Gasteiger charge is -2.25. The Kier molecular flexibility index (Phi) is 3.66. The Labute approximate surface area is 165 Å². The second-order valence-electron chi connectivity index (χ2n) is 9.33. The van der Waals surface area contributed by atoms with Crippen LogP contribution in [0.4, 0.5) is 5.69 Å². The summed E-state index contributed by atoms with van der Waals surface area (Å²) in [4.78, 5) is 14.3. The van der Waals surface area contributed by atoms with Crippen LogP contribution in [0.15, 0.2) is 24.5 Å². The van der Waals surface area contributed by atoms with Gasteiger partial charge in [-0.1, -0.05) is 0 Å². The normalized spacial score (nSPS) is 30.8. The minimum atomic E-state index is 0.498. The number of aromatic nitrogens is 2. The average Bonchev–Trinajstić information content (AvgIpc) is 3.02. The Morgan fingerprint density at radius 3 is 2.54 bits per heavy atom. The van der Waals surface area contributed by atoms with E-state index in [1.165, 1.54) is 45.6 Å². The van der Waals surface area contributed by atoms with Crippen molar-refractivity contribution in [1.29, 1.82) is 5.26 Å². The highest BCUT2D eigenvalue weighted by Crippen LogP contribution is 2.57. The molecule has 6 rings (SSSR count). The third kappa shape index (κ3) is 2.53. The van der Waals surface area contributed by atoms with Crippen molar-refractivity contribution in [2.45, 2.75) is 12.8 Å². The number of hydrogen-bond donors (Lipinski definition) is 1. The van der Waals surface area contributed by atoms with Crippen LogP contribution in [0, 0.1) is 34.5 Å². The SMILES string of the molecule is N#Cc1ccc(N2CC(CN3C[C@H]4CNC[C@H]4C3)C3(CC3)C2)c2nccnc12. The number of likely N-dealkylation sites (tertiary alicyclic amines) is 1. The molecule has 6 heteroatoms. The van der Waals surface area contributed by atoms with Crippen LogP contribution >= 0.6 is 0 Å². The molecule has 0 bridgehead atoms. The van der Waals surface area contributed by atoms with Gasteiger partial charge in [-0.3, -0.25) is 9.97 Å². The predicted molar refractivity (Wildman–Crippen MR) is 108 cm³/mol. The maximum atomic E-state index is 9.41. The van der Waals surface area contributed by atoms with Gasteiger partial charge in [0.1, 0.15) is 17.1 Å². The highest BCUT2D eigenvalue weighted by molar-refractivity contribution is 5.92. The summed E-state index contributed by atoms with van der Waals surface area (Å²) in [5.74, 6) is 2.47.